The van der Waals surface area contributed by atoms with Crippen molar-refractivity contribution in [2.75, 3.05) is 53.7 Å². The number of aromatic nitrogens is 16. The van der Waals surface area contributed by atoms with Gasteiger partial charge in [-0.15, -0.1) is 34.0 Å². The number of anilines is 7. The van der Waals surface area contributed by atoms with Crippen molar-refractivity contribution >= 4 is 149 Å². The lowest BCUT2D eigenvalue weighted by atomic mass is 10.1. The van der Waals surface area contributed by atoms with Crippen LogP contribution < -0.4 is 21.7 Å². The molecule has 682 valence electrons. The second-order valence-electron chi connectivity index (χ2n) is 31.7. The number of hydrogen-bond donors (Lipinski definition) is 4. The van der Waals surface area contributed by atoms with E-state index in [1.54, 1.807) is 86.6 Å². The first kappa shape index (κ1) is 94.8. The summed E-state index contributed by atoms with van der Waals surface area (Å²) in [6, 6.07) is 25.3. The van der Waals surface area contributed by atoms with Gasteiger partial charge in [0.2, 0.25) is 0 Å². The molecular weight excluding hydrogens is 1820 g/mol. The van der Waals surface area contributed by atoms with Crippen molar-refractivity contribution in [1.29, 1.82) is 0 Å². The van der Waals surface area contributed by atoms with Gasteiger partial charge in [0.1, 0.15) is 72.6 Å². The monoisotopic (exact) mass is 1910 g/mol. The van der Waals surface area contributed by atoms with Crippen LogP contribution in [-0.2, 0) is 58.2 Å². The van der Waals surface area contributed by atoms with E-state index in [2.05, 4.69) is 85.7 Å². The van der Waals surface area contributed by atoms with E-state index in [-0.39, 0.29) is 83.5 Å². The molecule has 2 fully saturated rings. The summed E-state index contributed by atoms with van der Waals surface area (Å²) in [7, 11) is -11.1. The van der Waals surface area contributed by atoms with E-state index >= 15 is 0 Å². The molecule has 0 saturated carbocycles. The van der Waals surface area contributed by atoms with Crippen molar-refractivity contribution in [3.8, 4) is 31.7 Å². The van der Waals surface area contributed by atoms with E-state index in [1.165, 1.54) is 49.2 Å². The van der Waals surface area contributed by atoms with Gasteiger partial charge in [-0.2, -0.15) is 0 Å². The molecule has 14 aromatic rings. The predicted molar refractivity (Wildman–Crippen MR) is 493 cm³/mol. The van der Waals surface area contributed by atoms with Gasteiger partial charge in [-0.3, -0.25) is 14.1 Å². The number of benzene rings is 3. The van der Waals surface area contributed by atoms with Crippen LogP contribution in [0.5, 0.6) is 0 Å². The molecule has 2 unspecified atom stereocenters. The van der Waals surface area contributed by atoms with Gasteiger partial charge in [0.25, 0.3) is 19.3 Å². The van der Waals surface area contributed by atoms with Crippen molar-refractivity contribution in [3.63, 3.8) is 0 Å². The second-order valence-corrected chi connectivity index (χ2v) is 41.6. The molecule has 0 amide bonds. The molecule has 42 heteroatoms. The summed E-state index contributed by atoms with van der Waals surface area (Å²) >= 11 is 10.7. The van der Waals surface area contributed by atoms with Gasteiger partial charge in [0.05, 0.1) is 94.4 Å². The van der Waals surface area contributed by atoms with Crippen molar-refractivity contribution in [2.45, 2.75) is 187 Å². The molecule has 5 N–H and O–H groups in total. The summed E-state index contributed by atoms with van der Waals surface area (Å²) < 4.78 is 176. The van der Waals surface area contributed by atoms with E-state index < -0.39 is 72.9 Å². The number of aliphatic imine (C=N–C) groups is 1. The number of aryl methyl sites for hydroxylation is 12. The van der Waals surface area contributed by atoms with Crippen molar-refractivity contribution in [1.82, 2.24) is 78.9 Å². The Bertz CT molecular complexity index is 6950. The molecule has 3 aliphatic heterocycles. The number of nitrogens with two attached hydrogens (primary N) is 1. The molecule has 11 aromatic heterocycles. The maximum atomic E-state index is 14.5. The van der Waals surface area contributed by atoms with E-state index in [0.29, 0.717) is 116 Å². The summed E-state index contributed by atoms with van der Waals surface area (Å²) in [5.74, 6) is 1.57. The van der Waals surface area contributed by atoms with E-state index in [4.69, 9.17) is 31.8 Å². The Balaban J connectivity index is 0.000000150. The minimum Gasteiger partial charge on any atom is -0.384 e. The number of pyridine rings is 3. The van der Waals surface area contributed by atoms with Crippen LogP contribution in [0.1, 0.15) is 170 Å². The average Bonchev–Trinajstić information content (AvgIpc) is 1.60. The molecule has 0 bridgehead atoms. The number of fused-ring (bicyclic) bond motifs is 3. The maximum absolute atomic E-state index is 14.5. The third kappa shape index (κ3) is 22.1. The number of nitrogen functional groups attached to an aromatic ring is 1. The highest BCUT2D eigenvalue weighted by molar-refractivity contribution is 7.91. The van der Waals surface area contributed by atoms with Gasteiger partial charge in [0.15, 0.2) is 52.5 Å². The first-order chi connectivity index (χ1) is 61.4. The summed E-state index contributed by atoms with van der Waals surface area (Å²) in [6.45, 7) is 23.5. The first-order valence-electron chi connectivity index (χ1n) is 41.0. The Kier molecular flexibility index (Phi) is 28.4. The van der Waals surface area contributed by atoms with Gasteiger partial charge in [-0.25, -0.2) is 121 Å². The summed E-state index contributed by atoms with van der Waals surface area (Å²) in [6.07, 6.45) is -1.45. The normalized spacial score (nSPS) is 14.7. The van der Waals surface area contributed by atoms with E-state index in [1.807, 2.05) is 81.4 Å². The number of alkyl halides is 6. The molecule has 14 heterocycles. The van der Waals surface area contributed by atoms with Gasteiger partial charge in [0, 0.05) is 117 Å². The molecular formula is C88H92ClF6N21O8S6. The molecule has 29 nitrogen and oxygen atoms in total. The lowest BCUT2D eigenvalue weighted by Crippen LogP contribution is -2.20. The largest absolute Gasteiger partial charge is 0.384 e. The Morgan fingerprint density at radius 3 is 1.17 bits per heavy atom. The number of rotatable bonds is 21. The summed E-state index contributed by atoms with van der Waals surface area (Å²) in [4.78, 5) is 68.9. The third-order valence-electron chi connectivity index (χ3n) is 21.2. The summed E-state index contributed by atoms with van der Waals surface area (Å²) in [5.41, 5.74) is 18.1. The number of sulfone groups is 3. The fourth-order valence-electron chi connectivity index (χ4n) is 15.1. The molecule has 3 aromatic carbocycles. The molecule has 17 rings (SSSR count). The van der Waals surface area contributed by atoms with E-state index in [9.17, 15) is 51.6 Å². The highest BCUT2D eigenvalue weighted by Crippen LogP contribution is 2.45. The number of nitrogens with zero attached hydrogens (tertiary/aromatic N) is 17. The molecule has 0 radical (unpaired) electrons. The maximum Gasteiger partial charge on any atom is 0.295 e. The number of thiazole rings is 3. The number of halogens is 7. The Hall–Kier alpha value is -11.3. The second kappa shape index (κ2) is 39.0. The number of hydrogen-bond acceptors (Lipinski definition) is 30. The molecule has 130 heavy (non-hydrogen) atoms. The predicted octanol–water partition coefficient (Wildman–Crippen LogP) is 20.1. The van der Waals surface area contributed by atoms with Crippen molar-refractivity contribution < 1.29 is 61.1 Å². The highest BCUT2D eigenvalue weighted by atomic mass is 35.5. The first-order valence-corrected chi connectivity index (χ1v) is 49.5. The minimum atomic E-state index is -3.73. The standard InChI is InChI=1S/C31H33F2N7O3S2.C27H26F2N6O2S2.C24H24ClF2N5O3S2.C6H9N3/c1-16-12-21(36-19(4)34-16)14-22-15-24(27-29(37-22)40(30(39-27)28(32)33)26-8-6-7-11-43-26)38-23-10-9-20(13-25(23)45(5,41)42)31-35-17(2)18(3)44-31;1-13-8-18(32-16(4)30-13)10-19-11-21(25-22(33-19)12-23(35-25)26(28)29)34-20-7-6-17(9-24(20)39(5,36)37)27-31-14(2)15(3)38-27;1-12-13(2)36-24(28-12)14-7-8-15(17(10-14)37(3,33)34)29-16-11-18(25)30-22-20(16)31-23(21(26)27)32(22)19-6-4-5-9-35-19;1-4-3-6(7)9-5(2)8-4/h9-10,12-13,15,26,28H,6-8,11,14H2,1-5H3,(H,37,38);6-9,11,26H,10,12H2,1-5H3,(H,33,34);7-8,10-11,19,21H,4-6,9H2,1-3H3,(H,29,30);3H,1-2H3,(H2,7,8,9). The van der Waals surface area contributed by atoms with Crippen LogP contribution in [0.2, 0.25) is 5.15 Å². The number of nitrogens with one attached hydrogen (secondary N) is 3. The van der Waals surface area contributed by atoms with Gasteiger partial charge >= 0.3 is 0 Å². The molecule has 0 spiro atoms. The van der Waals surface area contributed by atoms with Crippen LogP contribution in [0.4, 0.5) is 72.0 Å². The molecule has 2 saturated heterocycles. The molecule has 3 aliphatic rings. The Morgan fingerprint density at radius 1 is 0.431 bits per heavy atom. The lowest BCUT2D eigenvalue weighted by Gasteiger charge is -2.25. The fraction of sp³-hybridized carbons (Fsp3) is 0.352. The number of ether oxygens (including phenoxy) is 2. The van der Waals surface area contributed by atoms with Gasteiger partial charge < -0.3 is 31.2 Å². The van der Waals surface area contributed by atoms with Crippen LogP contribution >= 0.6 is 45.6 Å². The Labute approximate surface area is 763 Å². The zero-order chi connectivity index (χ0) is 93.4. The molecule has 2 atom stereocenters. The van der Waals surface area contributed by atoms with Crippen LogP contribution in [0.3, 0.4) is 0 Å². The number of imidazole rings is 2. The zero-order valence-electron chi connectivity index (χ0n) is 73.4. The summed E-state index contributed by atoms with van der Waals surface area (Å²) in [5, 5.41) is 11.6. The topological polar surface area (TPSA) is 386 Å². The SMILES string of the molecule is Cc1cc(Cc2cc(Nc3ccc(-c4nc(C)c(C)s4)cc3S(C)(=O)=O)c3c(n2)CC(C(F)F)=N3)nc(C)n1.Cc1cc(Cc2cc(Nc3ccc(-c4nc(C)c(C)s4)cc3S(C)(=O)=O)c3nc(C(F)F)n(C4CCCCO4)c3n2)nc(C)n1.Cc1cc(N)nc(C)n1.Cc1nc(-c2ccc(Nc3cc(Cl)nc4c3nc(C(F)F)n4C3CCCCO3)c(S(C)(=O)=O)c2)sc1C. The smallest absolute Gasteiger partial charge is 0.295 e. The van der Waals surface area contributed by atoms with Crippen LogP contribution in [-0.4, -0.2) is 148 Å². The third-order valence-corrected chi connectivity index (χ3v) is 28.1. The van der Waals surface area contributed by atoms with Crippen LogP contribution in [0.15, 0.2) is 111 Å². The Morgan fingerprint density at radius 2 is 0.808 bits per heavy atom. The molecule has 0 aliphatic carbocycles. The highest BCUT2D eigenvalue weighted by Gasteiger charge is 2.34. The minimum absolute atomic E-state index is 0.0284. The average molecular weight is 1910 g/mol. The van der Waals surface area contributed by atoms with Crippen LogP contribution in [0.25, 0.3) is 54.0 Å². The van der Waals surface area contributed by atoms with Crippen molar-refractivity contribution in [2.24, 2.45) is 4.99 Å². The fourth-order valence-corrected chi connectivity index (χ4v) is 20.6. The van der Waals surface area contributed by atoms with Crippen molar-refractivity contribution in [3.05, 3.63) is 203 Å². The quantitative estimate of drug-likeness (QED) is 0.0383. The van der Waals surface area contributed by atoms with Gasteiger partial charge in [-0.05, 0) is 200 Å². The van der Waals surface area contributed by atoms with Crippen LogP contribution in [0, 0.1) is 83.1 Å². The zero-order valence-corrected chi connectivity index (χ0v) is 79.0. The lowest BCUT2D eigenvalue weighted by molar-refractivity contribution is -0.0363. The van der Waals surface area contributed by atoms with Gasteiger partial charge in [-0.1, -0.05) is 11.6 Å². The van der Waals surface area contributed by atoms with E-state index in [0.717, 1.165) is 110 Å².